The molecular formula is C16H17N4NaO4S2. The van der Waals surface area contributed by atoms with Crippen LogP contribution in [-0.2, 0) is 9.59 Å². The smallest absolute Gasteiger partial charge is 0.543 e. The number of nitrogens with two attached hydrogens (primary N) is 1. The van der Waals surface area contributed by atoms with E-state index in [9.17, 15) is 19.8 Å². The van der Waals surface area contributed by atoms with Gasteiger partial charge in [-0.1, -0.05) is 0 Å². The predicted octanol–water partition coefficient (Wildman–Crippen LogP) is -3.48. The molecule has 27 heavy (non-hydrogen) atoms. The Kier molecular flexibility index (Phi) is 6.07. The minimum atomic E-state index is -1.37. The molecule has 0 bridgehead atoms. The molecule has 2 aliphatic rings. The molecule has 0 saturated carbocycles. The van der Waals surface area contributed by atoms with Crippen LogP contribution in [0.4, 0.5) is 0 Å². The number of thiazole rings is 1. The number of hydrogen-bond acceptors (Lipinski definition) is 8. The van der Waals surface area contributed by atoms with Crippen LogP contribution >= 0.6 is 23.1 Å². The second-order valence-corrected chi connectivity index (χ2v) is 8.47. The van der Waals surface area contributed by atoms with Gasteiger partial charge in [-0.25, -0.2) is 4.98 Å². The van der Waals surface area contributed by atoms with Crippen LogP contribution in [-0.4, -0.2) is 55.7 Å². The van der Waals surface area contributed by atoms with Crippen LogP contribution < -0.4 is 40.4 Å². The molecule has 3 atom stereocenters. The Balaban J connectivity index is 0.00000210. The number of carboxylic acid groups (broad SMARTS) is 1. The minimum Gasteiger partial charge on any atom is -0.543 e. The maximum Gasteiger partial charge on any atom is 1.00 e. The summed E-state index contributed by atoms with van der Waals surface area (Å²) in [6.45, 7) is 2.10. The third-order valence-electron chi connectivity index (χ3n) is 4.76. The number of aliphatic carboxylic acids is 1. The summed E-state index contributed by atoms with van der Waals surface area (Å²) in [4.78, 5) is 31.3. The monoisotopic (exact) mass is 416 g/mol. The summed E-state index contributed by atoms with van der Waals surface area (Å²) in [5.41, 5.74) is 6.04. The maximum atomic E-state index is 12.3. The number of imidazole rings is 1. The van der Waals surface area contributed by atoms with Gasteiger partial charge in [-0.15, -0.1) is 23.1 Å². The third-order valence-corrected chi connectivity index (χ3v) is 7.07. The quantitative estimate of drug-likeness (QED) is 0.285. The molecule has 4 rings (SSSR count). The van der Waals surface area contributed by atoms with Gasteiger partial charge in [0.05, 0.1) is 34.6 Å². The van der Waals surface area contributed by atoms with Crippen molar-refractivity contribution in [1.29, 1.82) is 0 Å². The molecule has 1 amide bonds. The fourth-order valence-corrected chi connectivity index (χ4v) is 5.64. The SMILES string of the molecule is C[C@@H](O)[C@H]1C(=O)N2C(C(=O)[O-])=C(c3cn4cnc(SCCN)c4s3)C[C@H]12.[Na+]. The van der Waals surface area contributed by atoms with Crippen LogP contribution in [0, 0.1) is 5.92 Å². The van der Waals surface area contributed by atoms with Crippen molar-refractivity contribution in [3.05, 3.63) is 23.1 Å². The second kappa shape index (κ2) is 7.86. The Morgan fingerprint density at radius 2 is 2.33 bits per heavy atom. The first kappa shape index (κ1) is 20.8. The van der Waals surface area contributed by atoms with Crippen molar-refractivity contribution in [2.75, 3.05) is 12.3 Å². The zero-order valence-corrected chi connectivity index (χ0v) is 18.5. The van der Waals surface area contributed by atoms with E-state index in [4.69, 9.17) is 5.73 Å². The molecule has 0 spiro atoms. The van der Waals surface area contributed by atoms with Crippen molar-refractivity contribution in [2.45, 2.75) is 30.5 Å². The molecule has 1 fully saturated rings. The standard InChI is InChI=1S/C16H18N4O4S2.Na/c1-7(21)11-9-4-8(12(16(23)24)20(9)14(11)22)10-5-19-6-18-13(15(19)26-10)25-3-2-17;/h5-7,9,11,21H,2-4,17H2,1H3,(H,23,24);/q;+1/p-1/t7-,9-,11-;/m1./s1. The summed E-state index contributed by atoms with van der Waals surface area (Å²) >= 11 is 2.98. The molecule has 4 heterocycles. The van der Waals surface area contributed by atoms with Gasteiger partial charge in [0.1, 0.15) is 16.2 Å². The van der Waals surface area contributed by atoms with E-state index in [0.717, 1.165) is 20.5 Å². The van der Waals surface area contributed by atoms with Crippen LogP contribution in [0.2, 0.25) is 0 Å². The number of fused-ring (bicyclic) bond motifs is 2. The molecule has 2 aliphatic heterocycles. The Morgan fingerprint density at radius 3 is 2.96 bits per heavy atom. The van der Waals surface area contributed by atoms with Gasteiger partial charge in [-0.05, 0) is 18.9 Å². The average molecular weight is 416 g/mol. The fraction of sp³-hybridized carbons (Fsp3) is 0.438. The molecule has 3 N–H and O–H groups in total. The number of nitrogens with zero attached hydrogens (tertiary/aromatic N) is 3. The zero-order valence-electron chi connectivity index (χ0n) is 14.9. The molecule has 2 aromatic rings. The van der Waals surface area contributed by atoms with E-state index < -0.39 is 18.0 Å². The topological polar surface area (TPSA) is 124 Å². The number of carboxylic acids is 1. The molecule has 0 aromatic carbocycles. The molecule has 2 aromatic heterocycles. The largest absolute Gasteiger partial charge is 1.00 e. The molecule has 8 nitrogen and oxygen atoms in total. The van der Waals surface area contributed by atoms with Gasteiger partial charge >= 0.3 is 29.6 Å². The summed E-state index contributed by atoms with van der Waals surface area (Å²) in [7, 11) is 0. The van der Waals surface area contributed by atoms with Gasteiger partial charge in [-0.3, -0.25) is 9.20 Å². The second-order valence-electron chi connectivity index (χ2n) is 6.36. The first-order valence-electron chi connectivity index (χ1n) is 8.19. The van der Waals surface area contributed by atoms with Crippen LogP contribution in [0.25, 0.3) is 10.4 Å². The van der Waals surface area contributed by atoms with Gasteiger partial charge in [0.2, 0.25) is 5.91 Å². The van der Waals surface area contributed by atoms with Crippen LogP contribution in [0.3, 0.4) is 0 Å². The van der Waals surface area contributed by atoms with E-state index in [-0.39, 0.29) is 47.2 Å². The molecule has 0 aliphatic carbocycles. The Bertz CT molecular complexity index is 938. The number of rotatable bonds is 6. The molecule has 1 saturated heterocycles. The molecule has 11 heteroatoms. The normalized spacial score (nSPS) is 22.6. The van der Waals surface area contributed by atoms with Crippen LogP contribution in [0.15, 0.2) is 23.2 Å². The number of carbonyl (C=O) groups is 2. The van der Waals surface area contributed by atoms with E-state index in [1.165, 1.54) is 16.2 Å². The molecule has 0 radical (unpaired) electrons. The summed E-state index contributed by atoms with van der Waals surface area (Å²) in [6.07, 6.45) is 3.09. The van der Waals surface area contributed by atoms with E-state index in [1.807, 2.05) is 10.6 Å². The number of thioether (sulfide) groups is 1. The molecular weight excluding hydrogens is 399 g/mol. The van der Waals surface area contributed by atoms with Crippen molar-refractivity contribution < 1.29 is 49.4 Å². The van der Waals surface area contributed by atoms with Gasteiger partial charge in [-0.2, -0.15) is 0 Å². The summed E-state index contributed by atoms with van der Waals surface area (Å²) < 4.78 is 1.85. The zero-order chi connectivity index (χ0) is 18.6. The van der Waals surface area contributed by atoms with Crippen molar-refractivity contribution in [2.24, 2.45) is 11.7 Å². The Hall–Kier alpha value is -0.880. The van der Waals surface area contributed by atoms with Crippen molar-refractivity contribution in [3.8, 4) is 0 Å². The van der Waals surface area contributed by atoms with Crippen molar-refractivity contribution >= 4 is 45.4 Å². The summed E-state index contributed by atoms with van der Waals surface area (Å²) in [6, 6.07) is -0.323. The van der Waals surface area contributed by atoms with Gasteiger partial charge in [0.15, 0.2) is 0 Å². The predicted molar refractivity (Wildman–Crippen MR) is 95.2 cm³/mol. The van der Waals surface area contributed by atoms with E-state index in [2.05, 4.69) is 4.98 Å². The third kappa shape index (κ3) is 3.27. The summed E-state index contributed by atoms with van der Waals surface area (Å²) in [5.74, 6) is -1.55. The van der Waals surface area contributed by atoms with Crippen LogP contribution in [0.5, 0.6) is 0 Å². The Morgan fingerprint density at radius 1 is 1.59 bits per heavy atom. The minimum absolute atomic E-state index is 0. The number of amides is 1. The summed E-state index contributed by atoms with van der Waals surface area (Å²) in [5, 5.41) is 22.4. The number of aliphatic hydroxyl groups excluding tert-OH is 1. The first-order valence-corrected chi connectivity index (χ1v) is 9.99. The molecule has 138 valence electrons. The van der Waals surface area contributed by atoms with Crippen molar-refractivity contribution in [1.82, 2.24) is 14.3 Å². The number of hydrogen-bond donors (Lipinski definition) is 2. The maximum absolute atomic E-state index is 12.3. The van der Waals surface area contributed by atoms with Crippen LogP contribution in [0.1, 0.15) is 18.2 Å². The van der Waals surface area contributed by atoms with Gasteiger partial charge < -0.3 is 25.6 Å². The number of carbonyl (C=O) groups excluding carboxylic acids is 2. The average Bonchev–Trinajstić information content (AvgIpc) is 3.22. The fourth-order valence-electron chi connectivity index (χ4n) is 3.65. The van der Waals surface area contributed by atoms with E-state index in [1.54, 1.807) is 25.0 Å². The Labute approximate surface area is 185 Å². The van der Waals surface area contributed by atoms with Crippen molar-refractivity contribution in [3.63, 3.8) is 0 Å². The molecule has 0 unspecified atom stereocenters. The first-order chi connectivity index (χ1) is 12.4. The number of aliphatic hydroxyl groups is 1. The van der Waals surface area contributed by atoms with Gasteiger partial charge in [0.25, 0.3) is 0 Å². The number of β-lactam (4-membered cyclic amide) rings is 1. The van der Waals surface area contributed by atoms with E-state index in [0.29, 0.717) is 18.5 Å². The van der Waals surface area contributed by atoms with E-state index >= 15 is 0 Å². The van der Waals surface area contributed by atoms with Gasteiger partial charge in [0, 0.05) is 18.5 Å². The number of aromatic nitrogens is 2.